The van der Waals surface area contributed by atoms with Crippen LogP contribution >= 0.6 is 0 Å². The Labute approximate surface area is 142 Å². The highest BCUT2D eigenvalue weighted by Gasteiger charge is 2.19. The monoisotopic (exact) mass is 326 g/mol. The summed E-state index contributed by atoms with van der Waals surface area (Å²) in [6, 6.07) is 7.80. The van der Waals surface area contributed by atoms with Crippen LogP contribution in [0, 0.1) is 0 Å². The van der Waals surface area contributed by atoms with Gasteiger partial charge < -0.3 is 14.5 Å². The van der Waals surface area contributed by atoms with Crippen LogP contribution < -0.4 is 4.90 Å². The van der Waals surface area contributed by atoms with Crippen LogP contribution in [0.3, 0.4) is 0 Å². The molecule has 0 spiro atoms. The minimum atomic E-state index is -0.0238. The molecule has 2 aromatic heterocycles. The molecule has 6 heteroatoms. The number of nitrogens with zero attached hydrogens (tertiary/aromatic N) is 4. The van der Waals surface area contributed by atoms with Crippen molar-refractivity contribution in [1.82, 2.24) is 14.9 Å². The van der Waals surface area contributed by atoms with Crippen molar-refractivity contribution < 1.29 is 9.53 Å². The molecule has 0 aliphatic carbocycles. The summed E-state index contributed by atoms with van der Waals surface area (Å²) in [6.07, 6.45) is 6.32. The number of morpholine rings is 1. The van der Waals surface area contributed by atoms with Crippen molar-refractivity contribution in [3.63, 3.8) is 0 Å². The van der Waals surface area contributed by atoms with Crippen molar-refractivity contribution in [3.8, 4) is 0 Å². The third kappa shape index (κ3) is 4.08. The van der Waals surface area contributed by atoms with Crippen LogP contribution in [0.2, 0.25) is 0 Å². The van der Waals surface area contributed by atoms with E-state index in [0.717, 1.165) is 18.7 Å². The normalized spacial score (nSPS) is 14.5. The highest BCUT2D eigenvalue weighted by molar-refractivity contribution is 5.92. The minimum Gasteiger partial charge on any atom is -0.378 e. The largest absolute Gasteiger partial charge is 0.378 e. The maximum Gasteiger partial charge on any atom is 0.272 e. The SMILES string of the molecule is CN(CCc1ccncc1)c1ccc(C(=O)N2CCOCC2)nc1. The van der Waals surface area contributed by atoms with E-state index in [1.807, 2.05) is 37.6 Å². The van der Waals surface area contributed by atoms with Crippen LogP contribution in [-0.2, 0) is 11.2 Å². The lowest BCUT2D eigenvalue weighted by atomic mass is 10.2. The van der Waals surface area contributed by atoms with Gasteiger partial charge in [0.25, 0.3) is 5.91 Å². The number of ether oxygens (including phenoxy) is 1. The summed E-state index contributed by atoms with van der Waals surface area (Å²) in [5, 5.41) is 0. The molecule has 0 unspecified atom stereocenters. The molecular weight excluding hydrogens is 304 g/mol. The minimum absolute atomic E-state index is 0.0238. The summed E-state index contributed by atoms with van der Waals surface area (Å²) < 4.78 is 5.27. The van der Waals surface area contributed by atoms with E-state index in [9.17, 15) is 4.79 Å². The number of carbonyl (C=O) groups excluding carboxylic acids is 1. The summed E-state index contributed by atoms with van der Waals surface area (Å²) in [4.78, 5) is 24.7. The third-order valence-corrected chi connectivity index (χ3v) is 4.19. The molecule has 1 aliphatic heterocycles. The lowest BCUT2D eigenvalue weighted by molar-refractivity contribution is 0.0299. The molecule has 0 saturated carbocycles. The Morgan fingerprint density at radius 2 is 1.96 bits per heavy atom. The van der Waals surface area contributed by atoms with Crippen molar-refractivity contribution in [1.29, 1.82) is 0 Å². The Bertz CT molecular complexity index is 654. The molecule has 24 heavy (non-hydrogen) atoms. The number of aromatic nitrogens is 2. The van der Waals surface area contributed by atoms with E-state index < -0.39 is 0 Å². The predicted octanol–water partition coefficient (Wildman–Crippen LogP) is 1.63. The highest BCUT2D eigenvalue weighted by atomic mass is 16.5. The molecule has 3 heterocycles. The quantitative estimate of drug-likeness (QED) is 0.836. The van der Waals surface area contributed by atoms with Crippen LogP contribution in [0.5, 0.6) is 0 Å². The van der Waals surface area contributed by atoms with Gasteiger partial charge in [0.1, 0.15) is 5.69 Å². The molecular formula is C18H22N4O2. The first-order chi connectivity index (χ1) is 11.7. The molecule has 1 amide bonds. The van der Waals surface area contributed by atoms with Gasteiger partial charge in [-0.05, 0) is 36.2 Å². The molecule has 3 rings (SSSR count). The first-order valence-electron chi connectivity index (χ1n) is 8.17. The summed E-state index contributed by atoms with van der Waals surface area (Å²) in [6.45, 7) is 3.34. The lowest BCUT2D eigenvalue weighted by Gasteiger charge is -2.26. The molecule has 0 aromatic carbocycles. The van der Waals surface area contributed by atoms with Crippen LogP contribution in [0.1, 0.15) is 16.1 Å². The van der Waals surface area contributed by atoms with Gasteiger partial charge in [0.15, 0.2) is 0 Å². The van der Waals surface area contributed by atoms with Crippen LogP contribution in [0.4, 0.5) is 5.69 Å². The second kappa shape index (κ2) is 7.88. The molecule has 0 bridgehead atoms. The van der Waals surface area contributed by atoms with Gasteiger partial charge in [-0.25, -0.2) is 4.98 Å². The van der Waals surface area contributed by atoms with E-state index in [4.69, 9.17) is 4.74 Å². The zero-order valence-electron chi connectivity index (χ0n) is 13.9. The lowest BCUT2D eigenvalue weighted by Crippen LogP contribution is -2.41. The number of likely N-dealkylation sites (N-methyl/N-ethyl adjacent to an activating group) is 1. The van der Waals surface area contributed by atoms with Crippen LogP contribution in [-0.4, -0.2) is 60.7 Å². The van der Waals surface area contributed by atoms with Gasteiger partial charge in [-0.3, -0.25) is 9.78 Å². The Morgan fingerprint density at radius 3 is 2.62 bits per heavy atom. The van der Waals surface area contributed by atoms with Gasteiger partial charge in [-0.15, -0.1) is 0 Å². The molecule has 2 aromatic rings. The van der Waals surface area contributed by atoms with E-state index in [-0.39, 0.29) is 5.91 Å². The molecule has 1 aliphatic rings. The van der Waals surface area contributed by atoms with Crippen molar-refractivity contribution in [2.45, 2.75) is 6.42 Å². The fourth-order valence-corrected chi connectivity index (χ4v) is 2.64. The average Bonchev–Trinajstić information content (AvgIpc) is 2.67. The smallest absolute Gasteiger partial charge is 0.272 e. The molecule has 6 nitrogen and oxygen atoms in total. The van der Waals surface area contributed by atoms with Crippen molar-refractivity contribution in [3.05, 3.63) is 54.1 Å². The number of carbonyl (C=O) groups is 1. The van der Waals surface area contributed by atoms with Gasteiger partial charge in [0.05, 0.1) is 25.1 Å². The molecule has 126 valence electrons. The number of rotatable bonds is 5. The first kappa shape index (κ1) is 16.4. The summed E-state index contributed by atoms with van der Waals surface area (Å²) >= 11 is 0. The van der Waals surface area contributed by atoms with Gasteiger partial charge in [0, 0.05) is 39.1 Å². The Hall–Kier alpha value is -2.47. The van der Waals surface area contributed by atoms with E-state index in [2.05, 4.69) is 14.9 Å². The zero-order chi connectivity index (χ0) is 16.8. The second-order valence-corrected chi connectivity index (χ2v) is 5.83. The van der Waals surface area contributed by atoms with Crippen molar-refractivity contribution >= 4 is 11.6 Å². The number of amides is 1. The van der Waals surface area contributed by atoms with Crippen molar-refractivity contribution in [2.24, 2.45) is 0 Å². The molecule has 0 N–H and O–H groups in total. The molecule has 0 radical (unpaired) electrons. The number of pyridine rings is 2. The summed E-state index contributed by atoms with van der Waals surface area (Å²) in [7, 11) is 2.03. The Kier molecular flexibility index (Phi) is 5.38. The Balaban J connectivity index is 1.58. The average molecular weight is 326 g/mol. The molecule has 1 saturated heterocycles. The number of anilines is 1. The zero-order valence-corrected chi connectivity index (χ0v) is 13.9. The van der Waals surface area contributed by atoms with Gasteiger partial charge in [0.2, 0.25) is 0 Å². The first-order valence-corrected chi connectivity index (χ1v) is 8.17. The van der Waals surface area contributed by atoms with E-state index in [0.29, 0.717) is 32.0 Å². The van der Waals surface area contributed by atoms with Crippen LogP contribution in [0.15, 0.2) is 42.9 Å². The Morgan fingerprint density at radius 1 is 1.21 bits per heavy atom. The summed E-state index contributed by atoms with van der Waals surface area (Å²) in [5.41, 5.74) is 2.75. The standard InChI is InChI=1S/C18H22N4O2/c1-21(9-6-15-4-7-19-8-5-15)16-2-3-17(20-14-16)18(23)22-10-12-24-13-11-22/h2-5,7-8,14H,6,9-13H2,1H3. The van der Waals surface area contributed by atoms with Gasteiger partial charge in [-0.2, -0.15) is 0 Å². The van der Waals surface area contributed by atoms with E-state index >= 15 is 0 Å². The maximum atomic E-state index is 12.4. The summed E-state index contributed by atoms with van der Waals surface area (Å²) in [5.74, 6) is -0.0238. The molecule has 1 fully saturated rings. The van der Waals surface area contributed by atoms with Crippen molar-refractivity contribution in [2.75, 3.05) is 44.8 Å². The number of hydrogen-bond donors (Lipinski definition) is 0. The van der Waals surface area contributed by atoms with Gasteiger partial charge >= 0.3 is 0 Å². The fraction of sp³-hybridized carbons (Fsp3) is 0.389. The second-order valence-electron chi connectivity index (χ2n) is 5.83. The molecule has 0 atom stereocenters. The third-order valence-electron chi connectivity index (χ3n) is 4.19. The fourth-order valence-electron chi connectivity index (χ4n) is 2.64. The topological polar surface area (TPSA) is 58.6 Å². The van der Waals surface area contributed by atoms with Gasteiger partial charge in [-0.1, -0.05) is 0 Å². The van der Waals surface area contributed by atoms with Crippen LogP contribution in [0.25, 0.3) is 0 Å². The van der Waals surface area contributed by atoms with E-state index in [1.54, 1.807) is 17.2 Å². The highest BCUT2D eigenvalue weighted by Crippen LogP contribution is 2.14. The predicted molar refractivity (Wildman–Crippen MR) is 92.2 cm³/mol. The number of hydrogen-bond acceptors (Lipinski definition) is 5. The van der Waals surface area contributed by atoms with E-state index in [1.165, 1.54) is 5.56 Å². The maximum absolute atomic E-state index is 12.4.